The molecule has 1 aromatic carbocycles. The number of aromatic nitrogens is 2. The highest BCUT2D eigenvalue weighted by molar-refractivity contribution is 9.11. The van der Waals surface area contributed by atoms with Gasteiger partial charge in [-0.1, -0.05) is 28.1 Å². The fourth-order valence-corrected chi connectivity index (χ4v) is 4.46. The first-order valence-corrected chi connectivity index (χ1v) is 9.29. The predicted molar refractivity (Wildman–Crippen MR) is 98.6 cm³/mol. The Hall–Kier alpha value is -0.560. The van der Waals surface area contributed by atoms with Gasteiger partial charge in [0.25, 0.3) is 0 Å². The second-order valence-corrected chi connectivity index (χ2v) is 8.30. The van der Waals surface area contributed by atoms with Gasteiger partial charge in [0.15, 0.2) is 0 Å². The summed E-state index contributed by atoms with van der Waals surface area (Å²) in [7, 11) is 0. The topological polar surface area (TPSA) is 25.8 Å². The van der Waals surface area contributed by atoms with E-state index < -0.39 is 0 Å². The van der Waals surface area contributed by atoms with E-state index in [0.29, 0.717) is 0 Å². The smallest absolute Gasteiger partial charge is 0.143 e. The molecule has 0 aliphatic rings. The lowest BCUT2D eigenvalue weighted by molar-refractivity contribution is 1.26. The molecule has 2 heterocycles. The van der Waals surface area contributed by atoms with Crippen molar-refractivity contribution < 1.29 is 0 Å². The Labute approximate surface area is 152 Å². The molecule has 0 radical (unpaired) electrons. The van der Waals surface area contributed by atoms with Gasteiger partial charge in [-0.3, -0.25) is 4.98 Å². The van der Waals surface area contributed by atoms with E-state index >= 15 is 0 Å². The summed E-state index contributed by atoms with van der Waals surface area (Å²) in [5.41, 5.74) is 3.00. The van der Waals surface area contributed by atoms with Crippen molar-refractivity contribution in [3.63, 3.8) is 0 Å². The molecule has 0 atom stereocenters. The summed E-state index contributed by atoms with van der Waals surface area (Å²) < 4.78 is 2.95. The van der Waals surface area contributed by atoms with Crippen molar-refractivity contribution in [2.45, 2.75) is 6.92 Å². The van der Waals surface area contributed by atoms with Crippen molar-refractivity contribution in [2.75, 3.05) is 0 Å². The third-order valence-corrected chi connectivity index (χ3v) is 5.47. The predicted octanol–water partition coefficient (Wildman–Crippen LogP) is 6.47. The number of pyridine rings is 1. The highest BCUT2D eigenvalue weighted by atomic mass is 79.9. The van der Waals surface area contributed by atoms with Crippen LogP contribution in [0.1, 0.15) is 4.88 Å². The SMILES string of the molecule is Cc1sc(-c2ncc(Br)cc2Br)nc1-c1ccc(Br)cc1. The Morgan fingerprint density at radius 2 is 1.67 bits per heavy atom. The average molecular weight is 489 g/mol. The Bertz CT molecular complexity index is 797. The molecule has 0 fully saturated rings. The summed E-state index contributed by atoms with van der Waals surface area (Å²) in [6.07, 6.45) is 1.79. The first-order chi connectivity index (χ1) is 10.0. The highest BCUT2D eigenvalue weighted by Gasteiger charge is 2.14. The van der Waals surface area contributed by atoms with Crippen LogP contribution in [0.3, 0.4) is 0 Å². The molecule has 0 aliphatic heterocycles. The lowest BCUT2D eigenvalue weighted by Gasteiger charge is -2.00. The van der Waals surface area contributed by atoms with Crippen molar-refractivity contribution in [2.24, 2.45) is 0 Å². The summed E-state index contributed by atoms with van der Waals surface area (Å²) in [5.74, 6) is 0. The zero-order valence-corrected chi connectivity index (χ0v) is 16.5. The quantitative estimate of drug-likeness (QED) is 0.413. The summed E-state index contributed by atoms with van der Waals surface area (Å²) in [5, 5.41) is 0.921. The molecule has 0 unspecified atom stereocenters. The number of thiazole rings is 1. The number of halogens is 3. The molecule has 2 aromatic heterocycles. The molecule has 0 spiro atoms. The van der Waals surface area contributed by atoms with Gasteiger partial charge in [0.05, 0.1) is 5.69 Å². The molecule has 0 saturated carbocycles. The van der Waals surface area contributed by atoms with Gasteiger partial charge in [0.1, 0.15) is 10.7 Å². The van der Waals surface area contributed by atoms with Gasteiger partial charge in [0.2, 0.25) is 0 Å². The summed E-state index contributed by atoms with van der Waals surface area (Å²) >= 11 is 12.1. The Balaban J connectivity index is 2.07. The largest absolute Gasteiger partial charge is 0.251 e. The molecule has 0 aliphatic carbocycles. The molecule has 3 rings (SSSR count). The first kappa shape index (κ1) is 15.3. The zero-order chi connectivity index (χ0) is 15.0. The Morgan fingerprint density at radius 1 is 0.952 bits per heavy atom. The van der Waals surface area contributed by atoms with E-state index in [1.807, 2.05) is 18.2 Å². The zero-order valence-electron chi connectivity index (χ0n) is 10.9. The van der Waals surface area contributed by atoms with Crippen LogP contribution in [0.15, 0.2) is 49.9 Å². The van der Waals surface area contributed by atoms with Gasteiger partial charge >= 0.3 is 0 Å². The van der Waals surface area contributed by atoms with E-state index in [2.05, 4.69) is 71.8 Å². The summed E-state index contributed by atoms with van der Waals surface area (Å²) in [6, 6.07) is 10.2. The third-order valence-electron chi connectivity index (χ3n) is 2.92. The summed E-state index contributed by atoms with van der Waals surface area (Å²) in [6.45, 7) is 2.09. The number of hydrogen-bond donors (Lipinski definition) is 0. The second-order valence-electron chi connectivity index (χ2n) is 4.41. The van der Waals surface area contributed by atoms with Crippen LogP contribution in [-0.4, -0.2) is 9.97 Å². The van der Waals surface area contributed by atoms with Crippen LogP contribution in [-0.2, 0) is 0 Å². The highest BCUT2D eigenvalue weighted by Crippen LogP contribution is 2.36. The minimum absolute atomic E-state index is 0.870. The van der Waals surface area contributed by atoms with E-state index in [1.165, 1.54) is 4.88 Å². The van der Waals surface area contributed by atoms with Crippen molar-refractivity contribution in [3.8, 4) is 22.0 Å². The number of aryl methyl sites for hydroxylation is 1. The molecule has 106 valence electrons. The van der Waals surface area contributed by atoms with E-state index in [1.54, 1.807) is 17.5 Å². The molecular formula is C15H9Br3N2S. The van der Waals surface area contributed by atoms with Crippen LogP contribution in [0.25, 0.3) is 22.0 Å². The fourth-order valence-electron chi connectivity index (χ4n) is 1.95. The van der Waals surface area contributed by atoms with E-state index in [9.17, 15) is 0 Å². The van der Waals surface area contributed by atoms with E-state index in [4.69, 9.17) is 4.98 Å². The van der Waals surface area contributed by atoms with Gasteiger partial charge in [-0.05, 0) is 57.0 Å². The first-order valence-electron chi connectivity index (χ1n) is 6.09. The molecule has 0 N–H and O–H groups in total. The monoisotopic (exact) mass is 486 g/mol. The molecule has 6 heteroatoms. The minimum Gasteiger partial charge on any atom is -0.251 e. The molecule has 0 saturated heterocycles. The van der Waals surface area contributed by atoms with Crippen LogP contribution in [0.5, 0.6) is 0 Å². The summed E-state index contributed by atoms with van der Waals surface area (Å²) in [4.78, 5) is 10.4. The number of hydrogen-bond acceptors (Lipinski definition) is 3. The molecule has 3 aromatic rings. The normalized spacial score (nSPS) is 10.9. The Morgan fingerprint density at radius 3 is 2.33 bits per heavy atom. The van der Waals surface area contributed by atoms with Crippen LogP contribution in [0, 0.1) is 6.92 Å². The van der Waals surface area contributed by atoms with Gasteiger partial charge in [-0.15, -0.1) is 11.3 Å². The Kier molecular flexibility index (Phi) is 4.59. The van der Waals surface area contributed by atoms with Gasteiger partial charge in [-0.25, -0.2) is 4.98 Å². The lowest BCUT2D eigenvalue weighted by Crippen LogP contribution is -1.85. The molecular weight excluding hydrogens is 480 g/mol. The maximum Gasteiger partial charge on any atom is 0.143 e. The fraction of sp³-hybridized carbons (Fsp3) is 0.0667. The maximum absolute atomic E-state index is 4.77. The van der Waals surface area contributed by atoms with Crippen molar-refractivity contribution >= 4 is 59.1 Å². The van der Waals surface area contributed by atoms with Crippen molar-refractivity contribution in [3.05, 3.63) is 54.8 Å². The third kappa shape index (κ3) is 3.28. The molecule has 2 nitrogen and oxygen atoms in total. The van der Waals surface area contributed by atoms with Crippen molar-refractivity contribution in [1.29, 1.82) is 0 Å². The molecule has 21 heavy (non-hydrogen) atoms. The molecule has 0 bridgehead atoms. The van der Waals surface area contributed by atoms with Gasteiger partial charge in [-0.2, -0.15) is 0 Å². The van der Waals surface area contributed by atoms with Crippen LogP contribution in [0.4, 0.5) is 0 Å². The van der Waals surface area contributed by atoms with Gasteiger partial charge in [0, 0.05) is 30.1 Å². The van der Waals surface area contributed by atoms with Crippen LogP contribution >= 0.6 is 59.1 Å². The lowest BCUT2D eigenvalue weighted by atomic mass is 10.1. The number of nitrogens with zero attached hydrogens (tertiary/aromatic N) is 2. The van der Waals surface area contributed by atoms with E-state index in [0.717, 1.165) is 35.4 Å². The molecule has 0 amide bonds. The second kappa shape index (κ2) is 6.28. The van der Waals surface area contributed by atoms with Gasteiger partial charge < -0.3 is 0 Å². The van der Waals surface area contributed by atoms with E-state index in [-0.39, 0.29) is 0 Å². The minimum atomic E-state index is 0.870. The standard InChI is InChI=1S/C15H9Br3N2S/c1-8-13(9-2-4-10(16)5-3-9)20-15(21-8)14-12(18)6-11(17)7-19-14/h2-7H,1H3. The number of rotatable bonds is 2. The maximum atomic E-state index is 4.77. The average Bonchev–Trinajstić information content (AvgIpc) is 2.81. The van der Waals surface area contributed by atoms with Crippen molar-refractivity contribution in [1.82, 2.24) is 9.97 Å². The number of benzene rings is 1. The van der Waals surface area contributed by atoms with Crippen LogP contribution < -0.4 is 0 Å². The van der Waals surface area contributed by atoms with Crippen LogP contribution in [0.2, 0.25) is 0 Å².